The Morgan fingerprint density at radius 3 is 2.48 bits per heavy atom. The lowest BCUT2D eigenvalue weighted by atomic mass is 9.73. The summed E-state index contributed by atoms with van der Waals surface area (Å²) in [6.45, 7) is 0.834. The summed E-state index contributed by atoms with van der Waals surface area (Å²) in [4.78, 5) is 2.18. The zero-order valence-corrected chi connectivity index (χ0v) is 16.7. The molecule has 2 atom stereocenters. The predicted octanol–water partition coefficient (Wildman–Crippen LogP) is 4.72. The van der Waals surface area contributed by atoms with E-state index in [9.17, 15) is 5.11 Å². The number of benzene rings is 2. The van der Waals surface area contributed by atoms with E-state index in [1.165, 1.54) is 0 Å². The first-order valence-electron chi connectivity index (χ1n) is 9.82. The van der Waals surface area contributed by atoms with Gasteiger partial charge in [0.1, 0.15) is 11.4 Å². The maximum absolute atomic E-state index is 12.3. The summed E-state index contributed by atoms with van der Waals surface area (Å²) in [7, 11) is 5.84. The second-order valence-electron chi connectivity index (χ2n) is 7.75. The average Bonchev–Trinajstić information content (AvgIpc) is 2.83. The predicted molar refractivity (Wildman–Crippen MR) is 112 cm³/mol. The number of hydrogen-bond donors (Lipinski definition) is 1. The molecule has 27 heavy (non-hydrogen) atoms. The van der Waals surface area contributed by atoms with E-state index in [0.29, 0.717) is 0 Å². The van der Waals surface area contributed by atoms with E-state index in [4.69, 9.17) is 4.74 Å². The highest BCUT2D eigenvalue weighted by molar-refractivity contribution is 5.58. The van der Waals surface area contributed by atoms with E-state index >= 15 is 0 Å². The van der Waals surface area contributed by atoms with Gasteiger partial charge in [0, 0.05) is 18.0 Å². The van der Waals surface area contributed by atoms with Gasteiger partial charge in [-0.15, -0.1) is 0 Å². The first kappa shape index (κ1) is 19.7. The Bertz CT molecular complexity index is 769. The first-order chi connectivity index (χ1) is 13.1. The highest BCUT2D eigenvalue weighted by Gasteiger charge is 2.44. The van der Waals surface area contributed by atoms with Gasteiger partial charge >= 0.3 is 0 Å². The smallest absolute Gasteiger partial charge is 0.125 e. The first-order valence-corrected chi connectivity index (χ1v) is 9.82. The van der Waals surface area contributed by atoms with E-state index in [2.05, 4.69) is 37.2 Å². The van der Waals surface area contributed by atoms with Gasteiger partial charge in [-0.1, -0.05) is 61.0 Å². The molecule has 0 spiro atoms. The average molecular weight is 366 g/mol. The van der Waals surface area contributed by atoms with Crippen molar-refractivity contribution in [1.82, 2.24) is 4.90 Å². The van der Waals surface area contributed by atoms with Gasteiger partial charge in [0.15, 0.2) is 0 Å². The summed E-state index contributed by atoms with van der Waals surface area (Å²) in [5, 5.41) is 12.3. The van der Waals surface area contributed by atoms with Crippen molar-refractivity contribution in [2.45, 2.75) is 31.3 Å². The normalized spacial score (nSPS) is 24.8. The van der Waals surface area contributed by atoms with Crippen LogP contribution in [0.25, 0.3) is 6.08 Å². The monoisotopic (exact) mass is 365 g/mol. The lowest BCUT2D eigenvalue weighted by Gasteiger charge is -2.39. The lowest BCUT2D eigenvalue weighted by Crippen LogP contribution is -2.41. The van der Waals surface area contributed by atoms with Crippen molar-refractivity contribution < 1.29 is 9.84 Å². The van der Waals surface area contributed by atoms with Gasteiger partial charge in [0.05, 0.1) is 7.11 Å². The molecule has 2 aromatic carbocycles. The van der Waals surface area contributed by atoms with Crippen molar-refractivity contribution in [3.8, 4) is 5.75 Å². The molecule has 0 heterocycles. The summed E-state index contributed by atoms with van der Waals surface area (Å²) in [6.07, 6.45) is 6.30. The molecule has 1 N–H and O–H groups in total. The molecule has 0 aliphatic heterocycles. The third-order valence-electron chi connectivity index (χ3n) is 5.57. The van der Waals surface area contributed by atoms with Crippen molar-refractivity contribution in [3.05, 3.63) is 71.3 Å². The lowest BCUT2D eigenvalue weighted by molar-refractivity contribution is -0.00134. The Balaban J connectivity index is 2.18. The summed E-state index contributed by atoms with van der Waals surface area (Å²) in [5.74, 6) is 0.867. The van der Waals surface area contributed by atoms with Crippen LogP contribution in [0.3, 0.4) is 0 Å². The van der Waals surface area contributed by atoms with E-state index in [1.807, 2.05) is 42.5 Å². The van der Waals surface area contributed by atoms with E-state index in [0.717, 1.165) is 54.7 Å². The molecule has 0 saturated heterocycles. The number of rotatable bonds is 5. The van der Waals surface area contributed by atoms with Crippen LogP contribution in [0, 0.1) is 5.92 Å². The number of nitrogens with zero attached hydrogens (tertiary/aromatic N) is 1. The number of aliphatic hydroxyl groups is 1. The third kappa shape index (κ3) is 4.26. The van der Waals surface area contributed by atoms with Gasteiger partial charge in [-0.25, -0.2) is 0 Å². The van der Waals surface area contributed by atoms with Crippen molar-refractivity contribution in [1.29, 1.82) is 0 Å². The maximum Gasteiger partial charge on any atom is 0.125 e. The molecule has 3 heteroatoms. The standard InChI is InChI=1S/C24H31NO2/c1-25(2)18-21-14-8-7-13-20(17-19-11-5-4-6-12-19)24(21,26)22-15-9-10-16-23(22)27-3/h4-6,9-12,15-17,21,26H,7-8,13-14,18H2,1-3H3. The fourth-order valence-corrected chi connectivity index (χ4v) is 4.32. The topological polar surface area (TPSA) is 32.7 Å². The number of ether oxygens (including phenoxy) is 1. The molecular formula is C24H31NO2. The molecule has 2 unspecified atom stereocenters. The fraction of sp³-hybridized carbons (Fsp3) is 0.417. The molecule has 0 amide bonds. The minimum atomic E-state index is -1.04. The van der Waals surface area contributed by atoms with E-state index in [1.54, 1.807) is 7.11 Å². The highest BCUT2D eigenvalue weighted by Crippen LogP contribution is 2.47. The van der Waals surface area contributed by atoms with Crippen molar-refractivity contribution >= 4 is 6.08 Å². The Labute approximate surface area is 163 Å². The molecule has 1 aliphatic rings. The van der Waals surface area contributed by atoms with Crippen molar-refractivity contribution in [3.63, 3.8) is 0 Å². The van der Waals surface area contributed by atoms with Crippen LogP contribution in [-0.4, -0.2) is 37.8 Å². The van der Waals surface area contributed by atoms with E-state index < -0.39 is 5.60 Å². The van der Waals surface area contributed by atoms with Crippen LogP contribution in [0.2, 0.25) is 0 Å². The Hall–Kier alpha value is -2.10. The van der Waals surface area contributed by atoms with Crippen LogP contribution >= 0.6 is 0 Å². The second kappa shape index (κ2) is 8.73. The minimum Gasteiger partial charge on any atom is -0.496 e. The summed E-state index contributed by atoms with van der Waals surface area (Å²) in [5.41, 5.74) is 2.06. The van der Waals surface area contributed by atoms with Crippen LogP contribution < -0.4 is 4.74 Å². The molecule has 1 aliphatic carbocycles. The van der Waals surface area contributed by atoms with Crippen LogP contribution in [0.1, 0.15) is 36.8 Å². The Morgan fingerprint density at radius 1 is 1.07 bits per heavy atom. The van der Waals surface area contributed by atoms with Crippen LogP contribution in [0.4, 0.5) is 0 Å². The molecule has 144 valence electrons. The second-order valence-corrected chi connectivity index (χ2v) is 7.75. The molecule has 0 bridgehead atoms. The summed E-state index contributed by atoms with van der Waals surface area (Å²) in [6, 6.07) is 18.2. The minimum absolute atomic E-state index is 0.112. The number of methoxy groups -OCH3 is 1. The van der Waals surface area contributed by atoms with Crippen LogP contribution in [0.5, 0.6) is 5.75 Å². The van der Waals surface area contributed by atoms with E-state index in [-0.39, 0.29) is 5.92 Å². The maximum atomic E-state index is 12.3. The van der Waals surface area contributed by atoms with Crippen LogP contribution in [0.15, 0.2) is 60.2 Å². The SMILES string of the molecule is COc1ccccc1C1(O)C(=Cc2ccccc2)CCCCC1CN(C)C. The van der Waals surface area contributed by atoms with Gasteiger partial charge in [-0.2, -0.15) is 0 Å². The number of para-hydroxylation sites is 1. The highest BCUT2D eigenvalue weighted by atomic mass is 16.5. The van der Waals surface area contributed by atoms with Gasteiger partial charge in [-0.3, -0.25) is 0 Å². The molecule has 2 aromatic rings. The third-order valence-corrected chi connectivity index (χ3v) is 5.57. The molecular weight excluding hydrogens is 334 g/mol. The Kier molecular flexibility index (Phi) is 6.35. The Morgan fingerprint density at radius 2 is 1.78 bits per heavy atom. The molecule has 3 rings (SSSR count). The molecule has 0 aromatic heterocycles. The zero-order chi connectivity index (χ0) is 19.3. The largest absolute Gasteiger partial charge is 0.496 e. The molecule has 1 fully saturated rings. The molecule has 0 radical (unpaired) electrons. The van der Waals surface area contributed by atoms with Gasteiger partial charge in [0.25, 0.3) is 0 Å². The van der Waals surface area contributed by atoms with Crippen molar-refractivity contribution in [2.75, 3.05) is 27.7 Å². The molecule has 3 nitrogen and oxygen atoms in total. The zero-order valence-electron chi connectivity index (χ0n) is 16.7. The fourth-order valence-electron chi connectivity index (χ4n) is 4.32. The molecule has 1 saturated carbocycles. The van der Waals surface area contributed by atoms with Crippen molar-refractivity contribution in [2.24, 2.45) is 5.92 Å². The number of hydrogen-bond acceptors (Lipinski definition) is 3. The quantitative estimate of drug-likeness (QED) is 0.778. The van der Waals surface area contributed by atoms with Crippen LogP contribution in [-0.2, 0) is 5.60 Å². The van der Waals surface area contributed by atoms with Gasteiger partial charge < -0.3 is 14.7 Å². The van der Waals surface area contributed by atoms with Gasteiger partial charge in [0.2, 0.25) is 0 Å². The summed E-state index contributed by atoms with van der Waals surface area (Å²) >= 11 is 0. The summed E-state index contributed by atoms with van der Waals surface area (Å²) < 4.78 is 5.66. The van der Waals surface area contributed by atoms with Gasteiger partial charge in [-0.05, 0) is 50.6 Å².